The lowest BCUT2D eigenvalue weighted by atomic mass is 9.97. The number of hydrogen-bond donors (Lipinski definition) is 2. The van der Waals surface area contributed by atoms with Gasteiger partial charge in [0.05, 0.1) is 17.2 Å². The highest BCUT2D eigenvalue weighted by Gasteiger charge is 2.24. The van der Waals surface area contributed by atoms with E-state index in [0.717, 1.165) is 32.4 Å². The molecule has 0 aliphatic carbocycles. The average molecular weight is 333 g/mol. The maximum absolute atomic E-state index is 12.5. The number of anilines is 1. The van der Waals surface area contributed by atoms with Gasteiger partial charge in [0.15, 0.2) is 0 Å². The lowest BCUT2D eigenvalue weighted by Gasteiger charge is -2.28. The molecule has 1 aromatic rings. The monoisotopic (exact) mass is 333 g/mol. The summed E-state index contributed by atoms with van der Waals surface area (Å²) < 4.78 is 4.97. The number of likely N-dealkylation sites (tertiary alicyclic amines) is 1. The van der Waals surface area contributed by atoms with Crippen LogP contribution in [-0.2, 0) is 9.53 Å². The molecule has 2 rings (SSSR count). The standard InChI is InChI=1S/C18H27N3O3/c1-21-11-5-7-14(13-21)17(22)20-16-9-4-3-8-15(16)18(23)19-10-6-12-24-2/h3-4,8-9,14H,5-7,10-13H2,1-2H3,(H,19,23)(H,20,22). The summed E-state index contributed by atoms with van der Waals surface area (Å²) in [4.78, 5) is 27.0. The number of rotatable bonds is 7. The van der Waals surface area contributed by atoms with Crippen LogP contribution in [0, 0.1) is 5.92 Å². The molecule has 1 unspecified atom stereocenters. The Balaban J connectivity index is 1.97. The first-order chi connectivity index (χ1) is 11.6. The van der Waals surface area contributed by atoms with E-state index in [9.17, 15) is 9.59 Å². The van der Waals surface area contributed by atoms with E-state index in [-0.39, 0.29) is 17.7 Å². The number of piperidine rings is 1. The number of amides is 2. The molecule has 0 saturated carbocycles. The minimum atomic E-state index is -0.178. The molecular weight excluding hydrogens is 306 g/mol. The van der Waals surface area contributed by atoms with Crippen molar-refractivity contribution in [1.29, 1.82) is 0 Å². The lowest BCUT2D eigenvalue weighted by molar-refractivity contribution is -0.121. The molecule has 2 amide bonds. The molecule has 132 valence electrons. The molecule has 24 heavy (non-hydrogen) atoms. The second-order valence-electron chi connectivity index (χ2n) is 6.24. The fourth-order valence-corrected chi connectivity index (χ4v) is 2.92. The van der Waals surface area contributed by atoms with E-state index in [4.69, 9.17) is 4.74 Å². The van der Waals surface area contributed by atoms with Crippen LogP contribution < -0.4 is 10.6 Å². The number of nitrogens with one attached hydrogen (secondary N) is 2. The van der Waals surface area contributed by atoms with Crippen LogP contribution in [0.3, 0.4) is 0 Å². The Morgan fingerprint density at radius 2 is 2.12 bits per heavy atom. The zero-order valence-electron chi connectivity index (χ0n) is 14.5. The van der Waals surface area contributed by atoms with Crippen molar-refractivity contribution in [2.24, 2.45) is 5.92 Å². The van der Waals surface area contributed by atoms with Crippen molar-refractivity contribution in [2.45, 2.75) is 19.3 Å². The smallest absolute Gasteiger partial charge is 0.253 e. The number of hydrogen-bond acceptors (Lipinski definition) is 4. The van der Waals surface area contributed by atoms with E-state index in [0.29, 0.717) is 24.4 Å². The second kappa shape index (κ2) is 9.39. The fraction of sp³-hybridized carbons (Fsp3) is 0.556. The Labute approximate surface area is 143 Å². The zero-order chi connectivity index (χ0) is 17.4. The summed E-state index contributed by atoms with van der Waals surface area (Å²) in [6, 6.07) is 7.13. The first-order valence-electron chi connectivity index (χ1n) is 8.47. The molecule has 1 fully saturated rings. The minimum Gasteiger partial charge on any atom is -0.385 e. The number of carbonyl (C=O) groups is 2. The molecule has 0 spiro atoms. The largest absolute Gasteiger partial charge is 0.385 e. The van der Waals surface area contributed by atoms with Crippen LogP contribution in [0.5, 0.6) is 0 Å². The molecule has 0 radical (unpaired) electrons. The van der Waals surface area contributed by atoms with Crippen molar-refractivity contribution in [1.82, 2.24) is 10.2 Å². The van der Waals surface area contributed by atoms with Crippen molar-refractivity contribution in [3.8, 4) is 0 Å². The summed E-state index contributed by atoms with van der Waals surface area (Å²) in [5.41, 5.74) is 1.06. The van der Waals surface area contributed by atoms with Gasteiger partial charge >= 0.3 is 0 Å². The highest BCUT2D eigenvalue weighted by molar-refractivity contribution is 6.04. The predicted octanol–water partition coefficient (Wildman–Crippen LogP) is 1.73. The highest BCUT2D eigenvalue weighted by Crippen LogP contribution is 2.20. The minimum absolute atomic E-state index is 0.0128. The molecule has 1 aromatic carbocycles. The highest BCUT2D eigenvalue weighted by atomic mass is 16.5. The third-order valence-corrected chi connectivity index (χ3v) is 4.24. The Hall–Kier alpha value is -1.92. The average Bonchev–Trinajstić information content (AvgIpc) is 2.59. The van der Waals surface area contributed by atoms with Crippen LogP contribution in [0.2, 0.25) is 0 Å². The van der Waals surface area contributed by atoms with Crippen LogP contribution in [-0.4, -0.2) is 57.1 Å². The predicted molar refractivity (Wildman–Crippen MR) is 94.1 cm³/mol. The van der Waals surface area contributed by atoms with Crippen molar-refractivity contribution < 1.29 is 14.3 Å². The Morgan fingerprint density at radius 3 is 2.88 bits per heavy atom. The first-order valence-corrected chi connectivity index (χ1v) is 8.47. The summed E-state index contributed by atoms with van der Waals surface area (Å²) in [6.07, 6.45) is 2.67. The van der Waals surface area contributed by atoms with Gasteiger partial charge in [0.1, 0.15) is 0 Å². The number of nitrogens with zero attached hydrogens (tertiary/aromatic N) is 1. The van der Waals surface area contributed by atoms with Crippen LogP contribution in [0.25, 0.3) is 0 Å². The van der Waals surface area contributed by atoms with Crippen molar-refractivity contribution in [3.63, 3.8) is 0 Å². The van der Waals surface area contributed by atoms with Crippen molar-refractivity contribution in [3.05, 3.63) is 29.8 Å². The SMILES string of the molecule is COCCCNC(=O)c1ccccc1NC(=O)C1CCCN(C)C1. The molecule has 1 atom stereocenters. The van der Waals surface area contributed by atoms with E-state index in [2.05, 4.69) is 15.5 Å². The van der Waals surface area contributed by atoms with Gasteiger partial charge in [-0.3, -0.25) is 9.59 Å². The van der Waals surface area contributed by atoms with E-state index < -0.39 is 0 Å². The summed E-state index contributed by atoms with van der Waals surface area (Å²) in [5.74, 6) is -0.217. The van der Waals surface area contributed by atoms with E-state index in [1.165, 1.54) is 0 Å². The van der Waals surface area contributed by atoms with E-state index in [1.54, 1.807) is 25.3 Å². The lowest BCUT2D eigenvalue weighted by Crippen LogP contribution is -2.38. The maximum atomic E-state index is 12.5. The number of ether oxygens (including phenoxy) is 1. The van der Waals surface area contributed by atoms with Crippen LogP contribution >= 0.6 is 0 Å². The number of benzene rings is 1. The molecule has 0 aromatic heterocycles. The quantitative estimate of drug-likeness (QED) is 0.746. The Bertz CT molecular complexity index is 562. The molecule has 1 saturated heterocycles. The molecule has 6 heteroatoms. The third kappa shape index (κ3) is 5.32. The van der Waals surface area contributed by atoms with Gasteiger partial charge in [-0.2, -0.15) is 0 Å². The summed E-state index contributed by atoms with van der Waals surface area (Å²) in [7, 11) is 3.66. The van der Waals surface area contributed by atoms with Gasteiger partial charge in [-0.1, -0.05) is 12.1 Å². The van der Waals surface area contributed by atoms with Gasteiger partial charge in [-0.05, 0) is 45.0 Å². The number of carbonyl (C=O) groups excluding carboxylic acids is 2. The third-order valence-electron chi connectivity index (χ3n) is 4.24. The van der Waals surface area contributed by atoms with Gasteiger partial charge in [-0.25, -0.2) is 0 Å². The van der Waals surface area contributed by atoms with Crippen molar-refractivity contribution >= 4 is 17.5 Å². The zero-order valence-corrected chi connectivity index (χ0v) is 14.5. The second-order valence-corrected chi connectivity index (χ2v) is 6.24. The molecular formula is C18H27N3O3. The van der Waals surface area contributed by atoms with Crippen LogP contribution in [0.4, 0.5) is 5.69 Å². The molecule has 2 N–H and O–H groups in total. The molecule has 6 nitrogen and oxygen atoms in total. The van der Waals surface area contributed by atoms with Crippen LogP contribution in [0.1, 0.15) is 29.6 Å². The molecule has 1 aliphatic heterocycles. The van der Waals surface area contributed by atoms with Gasteiger partial charge in [-0.15, -0.1) is 0 Å². The van der Waals surface area contributed by atoms with Gasteiger partial charge in [0.2, 0.25) is 5.91 Å². The van der Waals surface area contributed by atoms with E-state index in [1.807, 2.05) is 13.1 Å². The molecule has 0 bridgehead atoms. The fourth-order valence-electron chi connectivity index (χ4n) is 2.92. The van der Waals surface area contributed by atoms with Gasteiger partial charge < -0.3 is 20.3 Å². The molecule has 1 aliphatic rings. The maximum Gasteiger partial charge on any atom is 0.253 e. The van der Waals surface area contributed by atoms with Gasteiger partial charge in [0.25, 0.3) is 5.91 Å². The normalized spacial score (nSPS) is 18.2. The summed E-state index contributed by atoms with van der Waals surface area (Å²) >= 11 is 0. The first kappa shape index (κ1) is 18.4. The van der Waals surface area contributed by atoms with E-state index >= 15 is 0 Å². The topological polar surface area (TPSA) is 70.7 Å². The number of methoxy groups -OCH3 is 1. The van der Waals surface area contributed by atoms with Crippen molar-refractivity contribution in [2.75, 3.05) is 45.7 Å². The van der Waals surface area contributed by atoms with Gasteiger partial charge in [0, 0.05) is 26.8 Å². The number of para-hydroxylation sites is 1. The Kier molecular flexibility index (Phi) is 7.21. The Morgan fingerprint density at radius 1 is 1.33 bits per heavy atom. The summed E-state index contributed by atoms with van der Waals surface area (Å²) in [6.45, 7) is 2.94. The summed E-state index contributed by atoms with van der Waals surface area (Å²) in [5, 5.41) is 5.79. The van der Waals surface area contributed by atoms with Crippen LogP contribution in [0.15, 0.2) is 24.3 Å². The molecule has 1 heterocycles.